The molecule has 112 valence electrons. The summed E-state index contributed by atoms with van der Waals surface area (Å²) in [5.41, 5.74) is 0.467. The van der Waals surface area contributed by atoms with Gasteiger partial charge in [0.15, 0.2) is 5.75 Å². The molecule has 0 saturated carbocycles. The maximum absolute atomic E-state index is 11.2. The summed E-state index contributed by atoms with van der Waals surface area (Å²) in [6, 6.07) is 9.32. The Morgan fingerprint density at radius 3 is 2.71 bits per heavy atom. The van der Waals surface area contributed by atoms with Gasteiger partial charge in [0.2, 0.25) is 0 Å². The van der Waals surface area contributed by atoms with Crippen molar-refractivity contribution in [3.8, 4) is 5.75 Å². The number of nitrogens with zero attached hydrogens (tertiary/aromatic N) is 1. The molecule has 1 heterocycles. The molecule has 0 aliphatic heterocycles. The average Bonchev–Trinajstić information content (AvgIpc) is 2.83. The van der Waals surface area contributed by atoms with Gasteiger partial charge in [-0.2, -0.15) is 0 Å². The van der Waals surface area contributed by atoms with Crippen LogP contribution >= 0.6 is 11.3 Å². The van der Waals surface area contributed by atoms with Crippen molar-refractivity contribution in [3.05, 3.63) is 50.2 Å². The van der Waals surface area contributed by atoms with E-state index >= 15 is 0 Å². The van der Waals surface area contributed by atoms with Gasteiger partial charge in [-0.1, -0.05) is 6.07 Å². The van der Waals surface area contributed by atoms with Gasteiger partial charge in [0.05, 0.1) is 12.0 Å². The number of aryl methyl sites for hydroxylation is 1. The van der Waals surface area contributed by atoms with Crippen molar-refractivity contribution in [1.82, 2.24) is 0 Å². The second kappa shape index (κ2) is 6.58. The highest BCUT2D eigenvalue weighted by Gasteiger charge is 2.21. The minimum atomic E-state index is -0.414. The molecule has 0 bridgehead atoms. The molecule has 0 fully saturated rings. The second-order valence-electron chi connectivity index (χ2n) is 4.88. The first kappa shape index (κ1) is 15.3. The molecule has 1 aromatic heterocycles. The fourth-order valence-corrected chi connectivity index (χ4v) is 3.22. The molecular formula is C15H18N2O3S. The fourth-order valence-electron chi connectivity index (χ4n) is 2.20. The molecule has 1 atom stereocenters. The fraction of sp³-hybridized carbons (Fsp3) is 0.333. The number of benzene rings is 1. The quantitative estimate of drug-likeness (QED) is 0.647. The molecule has 0 amide bonds. The van der Waals surface area contributed by atoms with Crippen LogP contribution in [0.2, 0.25) is 0 Å². The lowest BCUT2D eigenvalue weighted by Crippen LogP contribution is -2.18. The van der Waals surface area contributed by atoms with E-state index in [1.165, 1.54) is 16.9 Å². The number of nitro benzene ring substituents is 1. The zero-order chi connectivity index (χ0) is 15.4. The normalized spacial score (nSPS) is 12.0. The lowest BCUT2D eigenvalue weighted by Gasteiger charge is -2.15. The third-order valence-corrected chi connectivity index (χ3v) is 4.13. The molecule has 0 saturated heterocycles. The number of nitrogens with one attached hydrogen (secondary N) is 1. The molecule has 1 unspecified atom stereocenters. The Bertz CT molecular complexity index is 640. The van der Waals surface area contributed by atoms with Crippen molar-refractivity contribution in [2.75, 3.05) is 12.4 Å². The van der Waals surface area contributed by atoms with E-state index < -0.39 is 4.92 Å². The Kier molecular flexibility index (Phi) is 4.80. The van der Waals surface area contributed by atoms with Crippen LogP contribution in [0.25, 0.3) is 0 Å². The van der Waals surface area contributed by atoms with Crippen LogP contribution in [0.15, 0.2) is 30.3 Å². The Hall–Kier alpha value is -2.08. The Balaban J connectivity index is 2.17. The predicted octanol–water partition coefficient (Wildman–Crippen LogP) is 4.02. The van der Waals surface area contributed by atoms with Crippen molar-refractivity contribution in [2.45, 2.75) is 26.3 Å². The van der Waals surface area contributed by atoms with Gasteiger partial charge < -0.3 is 10.1 Å². The van der Waals surface area contributed by atoms with E-state index in [9.17, 15) is 10.1 Å². The zero-order valence-electron chi connectivity index (χ0n) is 12.3. The first-order valence-corrected chi connectivity index (χ1v) is 7.46. The van der Waals surface area contributed by atoms with Crippen LogP contribution in [0.1, 0.15) is 16.7 Å². The maximum atomic E-state index is 11.2. The topological polar surface area (TPSA) is 64.4 Å². The van der Waals surface area contributed by atoms with E-state index in [4.69, 9.17) is 4.74 Å². The smallest absolute Gasteiger partial charge is 0.333 e. The van der Waals surface area contributed by atoms with Crippen LogP contribution in [-0.4, -0.2) is 18.1 Å². The van der Waals surface area contributed by atoms with Gasteiger partial charge >= 0.3 is 5.69 Å². The average molecular weight is 306 g/mol. The predicted molar refractivity (Wildman–Crippen MR) is 85.5 cm³/mol. The van der Waals surface area contributed by atoms with Crippen LogP contribution in [0.4, 0.5) is 11.4 Å². The number of methoxy groups -OCH3 is 1. The molecular weight excluding hydrogens is 288 g/mol. The summed E-state index contributed by atoms with van der Waals surface area (Å²) < 4.78 is 5.07. The highest BCUT2D eigenvalue weighted by Crippen LogP contribution is 2.35. The third-order valence-electron chi connectivity index (χ3n) is 3.11. The van der Waals surface area contributed by atoms with E-state index in [2.05, 4.69) is 24.4 Å². The molecule has 1 N–H and O–H groups in total. The first-order valence-electron chi connectivity index (χ1n) is 6.64. The molecule has 5 nitrogen and oxygen atoms in total. The van der Waals surface area contributed by atoms with Gasteiger partial charge in [-0.15, -0.1) is 11.3 Å². The Morgan fingerprint density at radius 1 is 1.38 bits per heavy atom. The number of rotatable bonds is 6. The summed E-state index contributed by atoms with van der Waals surface area (Å²) >= 11 is 1.75. The maximum Gasteiger partial charge on any atom is 0.333 e. The minimum Gasteiger partial charge on any atom is -0.490 e. The van der Waals surface area contributed by atoms with E-state index in [1.807, 2.05) is 6.92 Å². The van der Waals surface area contributed by atoms with E-state index in [0.717, 1.165) is 6.42 Å². The van der Waals surface area contributed by atoms with Gasteiger partial charge in [0, 0.05) is 22.2 Å². The van der Waals surface area contributed by atoms with Crippen LogP contribution in [0, 0.1) is 17.0 Å². The largest absolute Gasteiger partial charge is 0.490 e. The monoisotopic (exact) mass is 306 g/mol. The zero-order valence-corrected chi connectivity index (χ0v) is 13.1. The Labute approximate surface area is 127 Å². The second-order valence-corrected chi connectivity index (χ2v) is 6.25. The SMILES string of the molecule is COc1cccc(NC(C)Cc2ccc(C)s2)c1[N+](=O)[O-]. The summed E-state index contributed by atoms with van der Waals surface area (Å²) in [5.74, 6) is 0.268. The lowest BCUT2D eigenvalue weighted by molar-refractivity contribution is -0.384. The number of nitro groups is 1. The lowest BCUT2D eigenvalue weighted by atomic mass is 10.1. The third kappa shape index (κ3) is 3.72. The van der Waals surface area contributed by atoms with Gasteiger partial charge in [0.25, 0.3) is 0 Å². The number of thiophene rings is 1. The van der Waals surface area contributed by atoms with Crippen molar-refractivity contribution in [3.63, 3.8) is 0 Å². The Morgan fingerprint density at radius 2 is 2.14 bits per heavy atom. The summed E-state index contributed by atoms with van der Waals surface area (Å²) in [6.07, 6.45) is 0.826. The molecule has 1 aromatic carbocycles. The number of anilines is 1. The molecule has 2 aromatic rings. The van der Waals surface area contributed by atoms with Crippen LogP contribution in [-0.2, 0) is 6.42 Å². The van der Waals surface area contributed by atoms with E-state index in [1.54, 1.807) is 29.5 Å². The van der Waals surface area contributed by atoms with Crippen molar-refractivity contribution in [1.29, 1.82) is 0 Å². The molecule has 0 aliphatic rings. The standard InChI is InChI=1S/C15H18N2O3S/c1-10(9-12-8-7-11(2)21-12)16-13-5-4-6-14(20-3)15(13)17(18)19/h4-8,10,16H,9H2,1-3H3. The van der Waals surface area contributed by atoms with Crippen molar-refractivity contribution in [2.24, 2.45) is 0 Å². The molecule has 6 heteroatoms. The molecule has 21 heavy (non-hydrogen) atoms. The summed E-state index contributed by atoms with van der Waals surface area (Å²) in [5, 5.41) is 14.4. The van der Waals surface area contributed by atoms with E-state index in [0.29, 0.717) is 5.69 Å². The summed E-state index contributed by atoms with van der Waals surface area (Å²) in [4.78, 5) is 13.3. The van der Waals surface area contributed by atoms with Crippen LogP contribution in [0.5, 0.6) is 5.75 Å². The molecule has 0 spiro atoms. The summed E-state index contributed by atoms with van der Waals surface area (Å²) in [6.45, 7) is 4.08. The number of hydrogen-bond acceptors (Lipinski definition) is 5. The highest BCUT2D eigenvalue weighted by atomic mass is 32.1. The minimum absolute atomic E-state index is 0.0192. The summed E-state index contributed by atoms with van der Waals surface area (Å²) in [7, 11) is 1.43. The van der Waals surface area contributed by atoms with E-state index in [-0.39, 0.29) is 17.5 Å². The number of ether oxygens (including phenoxy) is 1. The highest BCUT2D eigenvalue weighted by molar-refractivity contribution is 7.11. The van der Waals surface area contributed by atoms with Gasteiger partial charge in [-0.25, -0.2) is 0 Å². The van der Waals surface area contributed by atoms with Gasteiger partial charge in [-0.3, -0.25) is 10.1 Å². The number of para-hydroxylation sites is 1. The van der Waals surface area contributed by atoms with Gasteiger partial charge in [0.1, 0.15) is 5.69 Å². The van der Waals surface area contributed by atoms with Crippen molar-refractivity contribution < 1.29 is 9.66 Å². The van der Waals surface area contributed by atoms with Crippen molar-refractivity contribution >= 4 is 22.7 Å². The number of hydrogen-bond donors (Lipinski definition) is 1. The molecule has 0 radical (unpaired) electrons. The van der Waals surface area contributed by atoms with Gasteiger partial charge in [-0.05, 0) is 38.1 Å². The van der Waals surface area contributed by atoms with Crippen LogP contribution in [0.3, 0.4) is 0 Å². The van der Waals surface area contributed by atoms with Crippen LogP contribution < -0.4 is 10.1 Å². The molecule has 0 aliphatic carbocycles. The molecule has 2 rings (SSSR count). The first-order chi connectivity index (χ1) is 10.0.